The van der Waals surface area contributed by atoms with Crippen molar-refractivity contribution in [1.29, 1.82) is 0 Å². The van der Waals surface area contributed by atoms with Gasteiger partial charge in [-0.3, -0.25) is 0 Å². The largest absolute Gasteiger partial charge is 0.456 e. The van der Waals surface area contributed by atoms with Gasteiger partial charge in [0.1, 0.15) is 22.3 Å². The number of aromatic nitrogens is 4. The van der Waals surface area contributed by atoms with Gasteiger partial charge in [0.15, 0.2) is 17.5 Å². The van der Waals surface area contributed by atoms with Gasteiger partial charge in [0.25, 0.3) is 0 Å². The Morgan fingerprint density at radius 2 is 1.00 bits per heavy atom. The fourth-order valence-corrected chi connectivity index (χ4v) is 11.5. The SMILES string of the molecule is c1ccc2cc3c(cc2c1)c1ccccc1n3-c1ccc2oc3c4ccccc4ccc3c2c1-c1nc(-c2ccc3oc4ccccc4c3c2)nc(-c2ccc3sc4ccccc4c3c2)n1. The molecule has 0 saturated carbocycles. The van der Waals surface area contributed by atoms with Crippen LogP contribution in [0, 0.1) is 0 Å². The van der Waals surface area contributed by atoms with Crippen molar-refractivity contribution >= 4 is 119 Å². The Morgan fingerprint density at radius 3 is 1.86 bits per heavy atom. The maximum absolute atomic E-state index is 6.93. The number of thiophene rings is 1. The summed E-state index contributed by atoms with van der Waals surface area (Å²) in [5.74, 6) is 1.69. The van der Waals surface area contributed by atoms with Crippen LogP contribution in [-0.4, -0.2) is 19.5 Å². The second kappa shape index (κ2) is 13.4. The summed E-state index contributed by atoms with van der Waals surface area (Å²) in [6, 6.07) is 68.5. The van der Waals surface area contributed by atoms with Gasteiger partial charge in [-0.15, -0.1) is 11.3 Å². The Bertz CT molecular complexity index is 4420. The Kier molecular flexibility index (Phi) is 7.28. The van der Waals surface area contributed by atoms with E-state index in [1.54, 1.807) is 11.3 Å². The average molecular weight is 861 g/mol. The molecule has 306 valence electrons. The summed E-state index contributed by atoms with van der Waals surface area (Å²) in [6.45, 7) is 0. The van der Waals surface area contributed by atoms with Crippen LogP contribution in [0.3, 0.4) is 0 Å². The molecule has 0 aliphatic carbocycles. The van der Waals surface area contributed by atoms with E-state index < -0.39 is 0 Å². The van der Waals surface area contributed by atoms with Crippen molar-refractivity contribution in [3.8, 4) is 39.9 Å². The molecule has 10 aromatic carbocycles. The first-order chi connectivity index (χ1) is 32.7. The van der Waals surface area contributed by atoms with E-state index in [-0.39, 0.29) is 0 Å². The zero-order chi connectivity index (χ0) is 43.0. The van der Waals surface area contributed by atoms with Gasteiger partial charge in [-0.25, -0.2) is 15.0 Å². The molecule has 5 heterocycles. The molecule has 0 radical (unpaired) electrons. The third-order valence-electron chi connectivity index (χ3n) is 13.4. The highest BCUT2D eigenvalue weighted by molar-refractivity contribution is 7.25. The molecule has 6 nitrogen and oxygen atoms in total. The van der Waals surface area contributed by atoms with E-state index in [0.29, 0.717) is 17.5 Å². The van der Waals surface area contributed by atoms with Crippen LogP contribution >= 0.6 is 11.3 Å². The molecule has 5 aromatic heterocycles. The molecule has 66 heavy (non-hydrogen) atoms. The first kappa shape index (κ1) is 35.8. The van der Waals surface area contributed by atoms with E-state index in [1.807, 2.05) is 24.3 Å². The van der Waals surface area contributed by atoms with Crippen LogP contribution in [0.1, 0.15) is 0 Å². The van der Waals surface area contributed by atoms with E-state index in [1.165, 1.54) is 41.7 Å². The average Bonchev–Trinajstić information content (AvgIpc) is 4.14. The van der Waals surface area contributed by atoms with Crippen molar-refractivity contribution in [2.45, 2.75) is 0 Å². The maximum atomic E-state index is 6.93. The van der Waals surface area contributed by atoms with Gasteiger partial charge in [-0.2, -0.15) is 0 Å². The van der Waals surface area contributed by atoms with Crippen molar-refractivity contribution in [3.63, 3.8) is 0 Å². The van der Waals surface area contributed by atoms with Gasteiger partial charge >= 0.3 is 0 Å². The third kappa shape index (κ3) is 5.14. The van der Waals surface area contributed by atoms with Crippen molar-refractivity contribution in [2.75, 3.05) is 0 Å². The van der Waals surface area contributed by atoms with E-state index in [0.717, 1.165) is 88.1 Å². The zero-order valence-electron chi connectivity index (χ0n) is 35.0. The van der Waals surface area contributed by atoms with Gasteiger partial charge < -0.3 is 13.4 Å². The molecule has 15 aromatic rings. The molecular formula is C59H32N4O2S. The molecule has 0 N–H and O–H groups in total. The lowest BCUT2D eigenvalue weighted by Gasteiger charge is -2.16. The zero-order valence-corrected chi connectivity index (χ0v) is 35.8. The molecule has 0 bridgehead atoms. The van der Waals surface area contributed by atoms with Crippen molar-refractivity contribution < 1.29 is 8.83 Å². The summed E-state index contributed by atoms with van der Waals surface area (Å²) in [4.78, 5) is 16.5. The number of nitrogens with zero attached hydrogens (tertiary/aromatic N) is 4. The van der Waals surface area contributed by atoms with Crippen LogP contribution in [-0.2, 0) is 0 Å². The molecule has 0 saturated heterocycles. The van der Waals surface area contributed by atoms with Crippen LogP contribution in [0.25, 0.3) is 147 Å². The predicted octanol–water partition coefficient (Wildman–Crippen LogP) is 16.4. The molecule has 0 aliphatic heterocycles. The quantitative estimate of drug-likeness (QED) is 0.176. The Labute approximate surface area is 379 Å². The minimum Gasteiger partial charge on any atom is -0.456 e. The number of hydrogen-bond acceptors (Lipinski definition) is 6. The van der Waals surface area contributed by atoms with Crippen molar-refractivity contribution in [2.24, 2.45) is 0 Å². The molecule has 0 aliphatic rings. The fourth-order valence-electron chi connectivity index (χ4n) is 10.4. The van der Waals surface area contributed by atoms with Crippen LogP contribution in [0.2, 0.25) is 0 Å². The summed E-state index contributed by atoms with van der Waals surface area (Å²) < 4.78 is 18.1. The normalized spacial score (nSPS) is 12.2. The molecule has 0 unspecified atom stereocenters. The van der Waals surface area contributed by atoms with Gasteiger partial charge in [-0.1, -0.05) is 109 Å². The maximum Gasteiger partial charge on any atom is 0.166 e. The molecule has 0 spiro atoms. The smallest absolute Gasteiger partial charge is 0.166 e. The van der Waals surface area contributed by atoms with E-state index >= 15 is 0 Å². The molecule has 15 rings (SSSR count). The third-order valence-corrected chi connectivity index (χ3v) is 14.6. The summed E-state index contributed by atoms with van der Waals surface area (Å²) in [6.07, 6.45) is 0. The molecule has 0 atom stereocenters. The lowest BCUT2D eigenvalue weighted by Crippen LogP contribution is -2.04. The second-order valence-electron chi connectivity index (χ2n) is 17.1. The van der Waals surface area contributed by atoms with Crippen LogP contribution in [0.5, 0.6) is 0 Å². The minimum atomic E-state index is 0.547. The number of rotatable bonds is 4. The first-order valence-electron chi connectivity index (χ1n) is 22.1. The highest BCUT2D eigenvalue weighted by atomic mass is 32.1. The summed E-state index contributed by atoms with van der Waals surface area (Å²) in [5, 5.41) is 13.2. The number of fused-ring (bicyclic) bond motifs is 15. The lowest BCUT2D eigenvalue weighted by molar-refractivity contribution is 0.669. The second-order valence-corrected chi connectivity index (χ2v) is 18.2. The molecule has 0 amide bonds. The number of furan rings is 2. The van der Waals surface area contributed by atoms with Crippen molar-refractivity contribution in [1.82, 2.24) is 19.5 Å². The van der Waals surface area contributed by atoms with Crippen LogP contribution in [0.15, 0.2) is 203 Å². The van der Waals surface area contributed by atoms with Gasteiger partial charge in [0, 0.05) is 69.0 Å². The van der Waals surface area contributed by atoms with Crippen LogP contribution < -0.4 is 0 Å². The summed E-state index contributed by atoms with van der Waals surface area (Å²) in [5.41, 5.74) is 8.99. The minimum absolute atomic E-state index is 0.547. The van der Waals surface area contributed by atoms with Crippen molar-refractivity contribution in [3.05, 3.63) is 194 Å². The fraction of sp³-hybridized carbons (Fsp3) is 0. The first-order valence-corrected chi connectivity index (χ1v) is 22.9. The molecule has 0 fully saturated rings. The monoisotopic (exact) mass is 860 g/mol. The topological polar surface area (TPSA) is 69.9 Å². The molecular weight excluding hydrogens is 829 g/mol. The van der Waals surface area contributed by atoms with E-state index in [9.17, 15) is 0 Å². The number of para-hydroxylation sites is 2. The summed E-state index contributed by atoms with van der Waals surface area (Å²) in [7, 11) is 0. The van der Waals surface area contributed by atoms with E-state index in [4.69, 9.17) is 23.8 Å². The van der Waals surface area contributed by atoms with Gasteiger partial charge in [0.2, 0.25) is 0 Å². The predicted molar refractivity (Wildman–Crippen MR) is 273 cm³/mol. The highest BCUT2D eigenvalue weighted by Gasteiger charge is 2.26. The number of benzene rings is 10. The van der Waals surface area contributed by atoms with Gasteiger partial charge in [0.05, 0.1) is 22.3 Å². The van der Waals surface area contributed by atoms with Gasteiger partial charge in [-0.05, 0) is 101 Å². The Hall–Kier alpha value is -8.65. The Morgan fingerprint density at radius 1 is 0.364 bits per heavy atom. The standard InChI is InChI=1S/C59H32N4O2S/c1-2-13-35-32-48-43(29-34(35)12-1)39-15-5-8-18-46(39)63(48)47-25-27-51-54(42-24-21-33-11-3-4-14-38(33)56(42)65-51)55(47)59-61-57(36-22-26-50-44(30-36)40-16-6-9-19-49(40)64-50)60-58(62-59)37-23-28-53-45(31-37)41-17-7-10-20-52(41)66-53/h1-32H. The highest BCUT2D eigenvalue weighted by Crippen LogP contribution is 2.46. The number of hydrogen-bond donors (Lipinski definition) is 0. The van der Waals surface area contributed by atoms with E-state index in [2.05, 4.69) is 174 Å². The lowest BCUT2D eigenvalue weighted by atomic mass is 10.0. The molecule has 7 heteroatoms. The van der Waals surface area contributed by atoms with Crippen LogP contribution in [0.4, 0.5) is 0 Å². The summed E-state index contributed by atoms with van der Waals surface area (Å²) >= 11 is 1.80. The Balaban J connectivity index is 1.09.